The molecule has 104 valence electrons. The Bertz CT molecular complexity index is 636. The number of benzene rings is 1. The highest BCUT2D eigenvalue weighted by atomic mass is 16.3. The van der Waals surface area contributed by atoms with Gasteiger partial charge in [-0.3, -0.25) is 9.78 Å². The molecule has 3 rings (SSSR count). The van der Waals surface area contributed by atoms with Gasteiger partial charge in [0.05, 0.1) is 23.7 Å². The van der Waals surface area contributed by atoms with E-state index in [1.54, 1.807) is 11.1 Å². The third kappa shape index (κ3) is 2.06. The van der Waals surface area contributed by atoms with E-state index in [9.17, 15) is 9.90 Å². The van der Waals surface area contributed by atoms with E-state index >= 15 is 0 Å². The summed E-state index contributed by atoms with van der Waals surface area (Å²) < 4.78 is 0. The number of aromatic nitrogens is 1. The molecule has 1 fully saturated rings. The number of carbonyl (C=O) groups is 1. The number of aliphatic hydroxyl groups excluding tert-OH is 1. The minimum absolute atomic E-state index is 0.0189. The van der Waals surface area contributed by atoms with Gasteiger partial charge in [-0.25, -0.2) is 0 Å². The second kappa shape index (κ2) is 5.21. The number of amides is 1. The van der Waals surface area contributed by atoms with Gasteiger partial charge in [0.2, 0.25) is 0 Å². The number of pyridine rings is 1. The molecule has 1 saturated heterocycles. The third-order valence-electron chi connectivity index (χ3n) is 4.19. The molecule has 0 aliphatic carbocycles. The zero-order valence-corrected chi connectivity index (χ0v) is 11.5. The maximum atomic E-state index is 12.8. The van der Waals surface area contributed by atoms with Crippen LogP contribution in [-0.2, 0) is 0 Å². The Hall–Kier alpha value is -1.94. The van der Waals surface area contributed by atoms with Crippen LogP contribution in [0.2, 0.25) is 0 Å². The lowest BCUT2D eigenvalue weighted by molar-refractivity contribution is 0.0650. The van der Waals surface area contributed by atoms with Gasteiger partial charge in [-0.2, -0.15) is 0 Å². The van der Waals surface area contributed by atoms with E-state index in [1.807, 2.05) is 30.3 Å². The standard InChI is InChI=1S/C16H18N2O2/c1-11-7-9-18(14(11)10-19)16(20)13-6-2-4-12-5-3-8-17-15(12)13/h2-6,8,11,14,19H,7,9-10H2,1H3. The lowest BCUT2D eigenvalue weighted by atomic mass is 10.0. The van der Waals surface area contributed by atoms with Crippen LogP contribution in [0.1, 0.15) is 23.7 Å². The Morgan fingerprint density at radius 3 is 3.00 bits per heavy atom. The van der Waals surface area contributed by atoms with Gasteiger partial charge in [0.25, 0.3) is 5.91 Å². The molecule has 0 radical (unpaired) electrons. The average Bonchev–Trinajstić information content (AvgIpc) is 2.86. The van der Waals surface area contributed by atoms with E-state index in [1.165, 1.54) is 0 Å². The number of rotatable bonds is 2. The van der Waals surface area contributed by atoms with Crippen LogP contribution < -0.4 is 0 Å². The second-order valence-corrected chi connectivity index (χ2v) is 5.40. The van der Waals surface area contributed by atoms with Gasteiger partial charge in [0, 0.05) is 18.1 Å². The summed E-state index contributed by atoms with van der Waals surface area (Å²) in [6, 6.07) is 9.39. The first-order valence-corrected chi connectivity index (χ1v) is 6.98. The van der Waals surface area contributed by atoms with Gasteiger partial charge in [-0.1, -0.05) is 25.1 Å². The van der Waals surface area contributed by atoms with E-state index in [0.29, 0.717) is 18.0 Å². The summed E-state index contributed by atoms with van der Waals surface area (Å²) in [5, 5.41) is 10.5. The maximum absolute atomic E-state index is 12.8. The second-order valence-electron chi connectivity index (χ2n) is 5.40. The summed E-state index contributed by atoms with van der Waals surface area (Å²) in [6.07, 6.45) is 2.64. The Labute approximate surface area is 118 Å². The highest BCUT2D eigenvalue weighted by Crippen LogP contribution is 2.27. The van der Waals surface area contributed by atoms with Gasteiger partial charge >= 0.3 is 0 Å². The number of aliphatic hydroxyl groups is 1. The SMILES string of the molecule is CC1CCN(C(=O)c2cccc3cccnc23)C1CO. The number of hydrogen-bond acceptors (Lipinski definition) is 3. The quantitative estimate of drug-likeness (QED) is 0.909. The number of likely N-dealkylation sites (tertiary alicyclic amines) is 1. The maximum Gasteiger partial charge on any atom is 0.256 e. The van der Waals surface area contributed by atoms with E-state index in [2.05, 4.69) is 11.9 Å². The zero-order chi connectivity index (χ0) is 14.1. The van der Waals surface area contributed by atoms with Crippen molar-refractivity contribution in [2.24, 2.45) is 5.92 Å². The summed E-state index contributed by atoms with van der Waals surface area (Å²) in [7, 11) is 0. The molecule has 1 N–H and O–H groups in total. The van der Waals surface area contributed by atoms with Crippen LogP contribution >= 0.6 is 0 Å². The largest absolute Gasteiger partial charge is 0.394 e. The molecule has 1 amide bonds. The van der Waals surface area contributed by atoms with Crippen LogP contribution in [0.15, 0.2) is 36.5 Å². The number of para-hydroxylation sites is 1. The minimum Gasteiger partial charge on any atom is -0.394 e. The van der Waals surface area contributed by atoms with Crippen molar-refractivity contribution in [2.45, 2.75) is 19.4 Å². The van der Waals surface area contributed by atoms with Crippen molar-refractivity contribution in [1.82, 2.24) is 9.88 Å². The third-order valence-corrected chi connectivity index (χ3v) is 4.19. The fourth-order valence-electron chi connectivity index (χ4n) is 2.97. The molecule has 2 unspecified atom stereocenters. The molecule has 0 saturated carbocycles. The van der Waals surface area contributed by atoms with Gasteiger partial charge < -0.3 is 10.0 Å². The Morgan fingerprint density at radius 1 is 1.40 bits per heavy atom. The number of fused-ring (bicyclic) bond motifs is 1. The van der Waals surface area contributed by atoms with Crippen molar-refractivity contribution >= 4 is 16.8 Å². The molecule has 20 heavy (non-hydrogen) atoms. The summed E-state index contributed by atoms with van der Waals surface area (Å²) in [5.41, 5.74) is 1.35. The van der Waals surface area contributed by atoms with E-state index in [-0.39, 0.29) is 18.6 Å². The van der Waals surface area contributed by atoms with Crippen LogP contribution in [0.5, 0.6) is 0 Å². The Kier molecular flexibility index (Phi) is 3.40. The molecule has 2 aromatic rings. The molecule has 1 aliphatic rings. The molecule has 0 bridgehead atoms. The van der Waals surface area contributed by atoms with E-state index in [4.69, 9.17) is 0 Å². The number of nitrogens with zero attached hydrogens (tertiary/aromatic N) is 2. The summed E-state index contributed by atoms with van der Waals surface area (Å²) in [6.45, 7) is 2.80. The molecule has 0 spiro atoms. The van der Waals surface area contributed by atoms with Crippen molar-refractivity contribution in [3.63, 3.8) is 0 Å². The van der Waals surface area contributed by atoms with Crippen LogP contribution in [0.4, 0.5) is 0 Å². The monoisotopic (exact) mass is 270 g/mol. The minimum atomic E-state index is -0.0820. The fraction of sp³-hybridized carbons (Fsp3) is 0.375. The lowest BCUT2D eigenvalue weighted by Gasteiger charge is -2.25. The van der Waals surface area contributed by atoms with Gasteiger partial charge in [-0.05, 0) is 24.5 Å². The number of carbonyl (C=O) groups excluding carboxylic acids is 1. The first-order valence-electron chi connectivity index (χ1n) is 6.98. The first kappa shape index (κ1) is 13.1. The highest BCUT2D eigenvalue weighted by Gasteiger charge is 2.34. The molecule has 4 nitrogen and oxygen atoms in total. The van der Waals surface area contributed by atoms with Gasteiger partial charge in [0.1, 0.15) is 0 Å². The van der Waals surface area contributed by atoms with Crippen molar-refractivity contribution in [2.75, 3.05) is 13.2 Å². The molecular formula is C16H18N2O2. The van der Waals surface area contributed by atoms with Crippen LogP contribution in [0.3, 0.4) is 0 Å². The Balaban J connectivity index is 2.01. The fourth-order valence-corrected chi connectivity index (χ4v) is 2.97. The molecule has 1 aliphatic heterocycles. The van der Waals surface area contributed by atoms with Crippen molar-refractivity contribution in [1.29, 1.82) is 0 Å². The number of hydrogen-bond donors (Lipinski definition) is 1. The molecule has 4 heteroatoms. The molecule has 1 aromatic heterocycles. The summed E-state index contributed by atoms with van der Waals surface area (Å²) >= 11 is 0. The molecule has 2 heterocycles. The Morgan fingerprint density at radius 2 is 2.20 bits per heavy atom. The van der Waals surface area contributed by atoms with E-state index in [0.717, 1.165) is 17.3 Å². The predicted molar refractivity (Wildman–Crippen MR) is 77.4 cm³/mol. The summed E-state index contributed by atoms with van der Waals surface area (Å²) in [4.78, 5) is 18.9. The lowest BCUT2D eigenvalue weighted by Crippen LogP contribution is -2.39. The van der Waals surface area contributed by atoms with Crippen molar-refractivity contribution < 1.29 is 9.90 Å². The zero-order valence-electron chi connectivity index (χ0n) is 11.5. The normalized spacial score (nSPS) is 22.4. The highest BCUT2D eigenvalue weighted by molar-refractivity contribution is 6.05. The summed E-state index contributed by atoms with van der Waals surface area (Å²) in [5.74, 6) is 0.310. The smallest absolute Gasteiger partial charge is 0.256 e. The van der Waals surface area contributed by atoms with Crippen molar-refractivity contribution in [3.8, 4) is 0 Å². The molecular weight excluding hydrogens is 252 g/mol. The predicted octanol–water partition coefficient (Wildman–Crippen LogP) is 2.08. The van der Waals surface area contributed by atoms with E-state index < -0.39 is 0 Å². The molecule has 2 atom stereocenters. The van der Waals surface area contributed by atoms with Crippen LogP contribution in [0.25, 0.3) is 10.9 Å². The topological polar surface area (TPSA) is 53.4 Å². The van der Waals surface area contributed by atoms with Gasteiger partial charge in [0.15, 0.2) is 0 Å². The first-order chi connectivity index (χ1) is 9.72. The van der Waals surface area contributed by atoms with Crippen LogP contribution in [-0.4, -0.2) is 40.1 Å². The van der Waals surface area contributed by atoms with Crippen LogP contribution in [0, 0.1) is 5.92 Å². The van der Waals surface area contributed by atoms with Gasteiger partial charge in [-0.15, -0.1) is 0 Å². The molecule has 1 aromatic carbocycles. The van der Waals surface area contributed by atoms with Crippen molar-refractivity contribution in [3.05, 3.63) is 42.1 Å². The average molecular weight is 270 g/mol.